The maximum atomic E-state index is 12.8. The predicted molar refractivity (Wildman–Crippen MR) is 106 cm³/mol. The minimum absolute atomic E-state index is 0.0520. The van der Waals surface area contributed by atoms with Crippen molar-refractivity contribution in [3.8, 4) is 11.5 Å². The molecule has 6 nitrogen and oxygen atoms in total. The molecular formula is C22H23N3O3. The second-order valence-electron chi connectivity index (χ2n) is 7.66. The summed E-state index contributed by atoms with van der Waals surface area (Å²) in [7, 11) is 0. The lowest BCUT2D eigenvalue weighted by Crippen LogP contribution is -2.39. The predicted octanol–water partition coefficient (Wildman–Crippen LogP) is 3.58. The van der Waals surface area contributed by atoms with Crippen molar-refractivity contribution in [3.05, 3.63) is 53.9 Å². The molecule has 144 valence electrons. The maximum absolute atomic E-state index is 12.8. The van der Waals surface area contributed by atoms with Gasteiger partial charge in [-0.25, -0.2) is 4.98 Å². The van der Waals surface area contributed by atoms with E-state index in [2.05, 4.69) is 27.4 Å². The number of nitrogens with one attached hydrogen (secondary N) is 2. The summed E-state index contributed by atoms with van der Waals surface area (Å²) < 4.78 is 11.4. The number of H-pyrrole nitrogens is 1. The molecule has 1 aliphatic heterocycles. The van der Waals surface area contributed by atoms with Crippen molar-refractivity contribution in [1.82, 2.24) is 15.3 Å². The Morgan fingerprint density at radius 2 is 1.89 bits per heavy atom. The van der Waals surface area contributed by atoms with Crippen LogP contribution < -0.4 is 14.8 Å². The van der Waals surface area contributed by atoms with Gasteiger partial charge in [-0.3, -0.25) is 4.79 Å². The summed E-state index contributed by atoms with van der Waals surface area (Å²) in [6.07, 6.45) is 6.11. The first kappa shape index (κ1) is 17.1. The third-order valence-electron chi connectivity index (χ3n) is 5.98. The first-order valence-electron chi connectivity index (χ1n) is 9.85. The molecule has 5 rings (SSSR count). The molecule has 3 aromatic rings. The van der Waals surface area contributed by atoms with Gasteiger partial charge < -0.3 is 19.8 Å². The summed E-state index contributed by atoms with van der Waals surface area (Å²) in [6, 6.07) is 11.8. The number of hydrogen-bond donors (Lipinski definition) is 2. The van der Waals surface area contributed by atoms with Gasteiger partial charge in [0.05, 0.1) is 17.4 Å². The zero-order valence-corrected chi connectivity index (χ0v) is 15.7. The van der Waals surface area contributed by atoms with E-state index in [-0.39, 0.29) is 11.3 Å². The molecule has 6 heteroatoms. The second kappa shape index (κ2) is 6.86. The normalized spacial score (nSPS) is 17.6. The van der Waals surface area contributed by atoms with Gasteiger partial charge >= 0.3 is 0 Å². The Kier molecular flexibility index (Phi) is 4.19. The van der Waals surface area contributed by atoms with Crippen LogP contribution in [0.15, 0.2) is 42.7 Å². The van der Waals surface area contributed by atoms with E-state index in [1.54, 1.807) is 6.33 Å². The molecule has 1 amide bonds. The Balaban J connectivity index is 1.37. The molecule has 28 heavy (non-hydrogen) atoms. The third-order valence-corrected chi connectivity index (χ3v) is 5.98. The van der Waals surface area contributed by atoms with E-state index in [1.165, 1.54) is 18.4 Å². The fourth-order valence-corrected chi connectivity index (χ4v) is 4.42. The van der Waals surface area contributed by atoms with E-state index in [0.717, 1.165) is 35.4 Å². The molecule has 1 aromatic heterocycles. The quantitative estimate of drug-likeness (QED) is 0.729. The maximum Gasteiger partial charge on any atom is 0.251 e. The number of carbonyl (C=O) groups is 1. The number of hydrogen-bond acceptors (Lipinski definition) is 4. The van der Waals surface area contributed by atoms with Crippen molar-refractivity contribution in [2.24, 2.45) is 0 Å². The fraction of sp³-hybridized carbons (Fsp3) is 0.364. The summed E-state index contributed by atoms with van der Waals surface area (Å²) in [5, 5.41) is 3.17. The lowest BCUT2D eigenvalue weighted by atomic mass is 9.78. The van der Waals surface area contributed by atoms with Gasteiger partial charge in [-0.2, -0.15) is 0 Å². The van der Waals surface area contributed by atoms with Crippen LogP contribution in [0.1, 0.15) is 41.6 Å². The third kappa shape index (κ3) is 2.99. The van der Waals surface area contributed by atoms with Crippen LogP contribution in [0.2, 0.25) is 0 Å². The minimum Gasteiger partial charge on any atom is -0.486 e. The molecule has 0 bridgehead atoms. The molecule has 1 saturated carbocycles. The molecule has 2 aliphatic rings. The summed E-state index contributed by atoms with van der Waals surface area (Å²) in [6.45, 7) is 1.79. The van der Waals surface area contributed by atoms with Gasteiger partial charge in [0.2, 0.25) is 0 Å². The van der Waals surface area contributed by atoms with Crippen molar-refractivity contribution in [1.29, 1.82) is 0 Å². The average Bonchev–Trinajstić information content (AvgIpc) is 3.41. The van der Waals surface area contributed by atoms with E-state index < -0.39 is 0 Å². The van der Waals surface area contributed by atoms with Crippen LogP contribution in [-0.2, 0) is 5.41 Å². The van der Waals surface area contributed by atoms with Crippen molar-refractivity contribution in [3.63, 3.8) is 0 Å². The van der Waals surface area contributed by atoms with Crippen molar-refractivity contribution >= 4 is 16.9 Å². The molecule has 0 atom stereocenters. The number of ether oxygens (including phenoxy) is 2. The van der Waals surface area contributed by atoms with Crippen LogP contribution in [0.25, 0.3) is 11.0 Å². The van der Waals surface area contributed by atoms with E-state index in [1.807, 2.05) is 24.3 Å². The van der Waals surface area contributed by atoms with Crippen LogP contribution in [0.5, 0.6) is 11.5 Å². The van der Waals surface area contributed by atoms with Gasteiger partial charge in [-0.1, -0.05) is 18.9 Å². The number of carbonyl (C=O) groups excluding carboxylic acids is 1. The Morgan fingerprint density at radius 3 is 2.75 bits per heavy atom. The standard InChI is InChI=1S/C22H23N3O3/c26-21(15-3-5-17-18(11-15)25-14-24-17)23-13-22(7-1-2-8-22)16-4-6-19-20(12-16)28-10-9-27-19/h3-6,11-12,14H,1-2,7-10,13H2,(H,23,26)(H,24,25). The van der Waals surface area contributed by atoms with Gasteiger partial charge in [0, 0.05) is 17.5 Å². The van der Waals surface area contributed by atoms with E-state index in [4.69, 9.17) is 9.47 Å². The van der Waals surface area contributed by atoms with Crippen molar-refractivity contribution in [2.45, 2.75) is 31.1 Å². The highest BCUT2D eigenvalue weighted by Crippen LogP contribution is 2.43. The number of aromatic nitrogens is 2. The molecule has 1 fully saturated rings. The number of amides is 1. The molecule has 0 radical (unpaired) electrons. The Morgan fingerprint density at radius 1 is 1.07 bits per heavy atom. The topological polar surface area (TPSA) is 76.2 Å². The highest BCUT2D eigenvalue weighted by molar-refractivity contribution is 5.97. The van der Waals surface area contributed by atoms with Gasteiger partial charge in [0.15, 0.2) is 11.5 Å². The lowest BCUT2D eigenvalue weighted by Gasteiger charge is -2.31. The molecule has 2 heterocycles. The lowest BCUT2D eigenvalue weighted by molar-refractivity contribution is 0.0943. The van der Waals surface area contributed by atoms with Gasteiger partial charge in [-0.05, 0) is 48.7 Å². The number of nitrogens with zero attached hydrogens (tertiary/aromatic N) is 1. The summed E-state index contributed by atoms with van der Waals surface area (Å²) >= 11 is 0. The molecular weight excluding hydrogens is 354 g/mol. The molecule has 2 N–H and O–H groups in total. The van der Waals surface area contributed by atoms with Crippen LogP contribution in [0, 0.1) is 0 Å². The molecule has 0 saturated heterocycles. The van der Waals surface area contributed by atoms with E-state index in [0.29, 0.717) is 25.3 Å². The molecule has 1 aliphatic carbocycles. The zero-order valence-electron chi connectivity index (χ0n) is 15.7. The molecule has 0 spiro atoms. The second-order valence-corrected chi connectivity index (χ2v) is 7.66. The molecule has 2 aromatic carbocycles. The van der Waals surface area contributed by atoms with Gasteiger partial charge in [-0.15, -0.1) is 0 Å². The number of imidazole rings is 1. The van der Waals surface area contributed by atoms with Crippen LogP contribution in [0.4, 0.5) is 0 Å². The van der Waals surface area contributed by atoms with Crippen LogP contribution in [0.3, 0.4) is 0 Å². The SMILES string of the molecule is O=C(NCC1(c2ccc3c(c2)OCCO3)CCCC1)c1ccc2nc[nH]c2c1. The van der Waals surface area contributed by atoms with Gasteiger partial charge in [0.1, 0.15) is 13.2 Å². The Labute approximate surface area is 163 Å². The average molecular weight is 377 g/mol. The van der Waals surface area contributed by atoms with Crippen molar-refractivity contribution in [2.75, 3.05) is 19.8 Å². The van der Waals surface area contributed by atoms with E-state index >= 15 is 0 Å². The van der Waals surface area contributed by atoms with Crippen molar-refractivity contribution < 1.29 is 14.3 Å². The number of fused-ring (bicyclic) bond motifs is 2. The highest BCUT2D eigenvalue weighted by atomic mass is 16.6. The van der Waals surface area contributed by atoms with Crippen LogP contribution >= 0.6 is 0 Å². The number of aromatic amines is 1. The smallest absolute Gasteiger partial charge is 0.251 e. The van der Waals surface area contributed by atoms with Gasteiger partial charge in [0.25, 0.3) is 5.91 Å². The summed E-state index contributed by atoms with van der Waals surface area (Å²) in [4.78, 5) is 20.0. The summed E-state index contributed by atoms with van der Waals surface area (Å²) in [5.41, 5.74) is 3.55. The monoisotopic (exact) mass is 377 g/mol. The Hall–Kier alpha value is -3.02. The highest BCUT2D eigenvalue weighted by Gasteiger charge is 2.37. The first-order valence-corrected chi connectivity index (χ1v) is 9.85. The zero-order chi connectivity index (χ0) is 19.0. The van der Waals surface area contributed by atoms with Crippen LogP contribution in [-0.4, -0.2) is 35.6 Å². The number of benzene rings is 2. The van der Waals surface area contributed by atoms with E-state index in [9.17, 15) is 4.79 Å². The largest absolute Gasteiger partial charge is 0.486 e. The minimum atomic E-state index is -0.0553. The fourth-order valence-electron chi connectivity index (χ4n) is 4.42. The number of rotatable bonds is 4. The first-order chi connectivity index (χ1) is 13.7. The molecule has 0 unspecified atom stereocenters. The summed E-state index contributed by atoms with van der Waals surface area (Å²) in [5.74, 6) is 1.56. The Bertz CT molecular complexity index is 1020.